The zero-order valence-corrected chi connectivity index (χ0v) is 35.3. The molecule has 0 fully saturated rings. The van der Waals surface area contributed by atoms with Gasteiger partial charge in [0.1, 0.15) is 0 Å². The van der Waals surface area contributed by atoms with Crippen molar-refractivity contribution in [3.05, 3.63) is 81.4 Å². The summed E-state index contributed by atoms with van der Waals surface area (Å²) < 4.78 is 0. The van der Waals surface area contributed by atoms with Crippen LogP contribution in [-0.4, -0.2) is 27.9 Å². The summed E-state index contributed by atoms with van der Waals surface area (Å²) in [6.07, 6.45) is 1.23. The van der Waals surface area contributed by atoms with Crippen LogP contribution in [0.25, 0.3) is 44.4 Å². The van der Waals surface area contributed by atoms with Crippen LogP contribution in [0.2, 0.25) is 0 Å². The van der Waals surface area contributed by atoms with Gasteiger partial charge in [-0.3, -0.25) is 0 Å². The van der Waals surface area contributed by atoms with E-state index in [0.29, 0.717) is 45.8 Å². The van der Waals surface area contributed by atoms with E-state index in [1.165, 1.54) is 0 Å². The first kappa shape index (κ1) is 44.3. The molecule has 8 bridgehead atoms. The third-order valence-electron chi connectivity index (χ3n) is 8.33. The maximum Gasteiger partial charge on any atom is 2.00 e. The topological polar surface area (TPSA) is 174 Å². The molecular formula is C34H35CuN4Na3O6-6. The van der Waals surface area contributed by atoms with Crippen LogP contribution in [0.3, 0.4) is 0 Å². The van der Waals surface area contributed by atoms with E-state index >= 15 is 0 Å². The Morgan fingerprint density at radius 2 is 1.35 bits per heavy atom. The van der Waals surface area contributed by atoms with Crippen molar-refractivity contribution in [2.45, 2.75) is 60.3 Å². The van der Waals surface area contributed by atoms with Crippen molar-refractivity contribution in [1.29, 1.82) is 0 Å². The second kappa shape index (κ2) is 18.0. The zero-order chi connectivity index (χ0) is 32.0. The number of aromatic nitrogens is 4. The van der Waals surface area contributed by atoms with E-state index in [1.54, 1.807) is 32.1 Å². The Morgan fingerprint density at radius 3 is 1.92 bits per heavy atom. The maximum absolute atomic E-state index is 12.5. The van der Waals surface area contributed by atoms with Gasteiger partial charge in [-0.1, -0.05) is 54.0 Å². The third-order valence-corrected chi connectivity index (χ3v) is 8.33. The minimum Gasteiger partial charge on any atom is -1.00 e. The summed E-state index contributed by atoms with van der Waals surface area (Å²) in [6, 6.07) is 5.30. The van der Waals surface area contributed by atoms with Crippen LogP contribution in [0.15, 0.2) is 30.9 Å². The Kier molecular flexibility index (Phi) is 16.6. The van der Waals surface area contributed by atoms with Gasteiger partial charge in [0.2, 0.25) is 0 Å². The van der Waals surface area contributed by atoms with Gasteiger partial charge in [-0.15, -0.1) is 22.1 Å². The largest absolute Gasteiger partial charge is 2.00 e. The van der Waals surface area contributed by atoms with Crippen molar-refractivity contribution in [3.63, 3.8) is 0 Å². The van der Waals surface area contributed by atoms with Crippen molar-refractivity contribution < 1.29 is 144 Å². The van der Waals surface area contributed by atoms with Gasteiger partial charge in [0.05, 0.1) is 28.7 Å². The van der Waals surface area contributed by atoms with Crippen LogP contribution in [0.1, 0.15) is 97.6 Å². The Balaban J connectivity index is -0.000000576. The van der Waals surface area contributed by atoms with E-state index in [0.717, 1.165) is 22.3 Å². The molecule has 2 aliphatic heterocycles. The monoisotopic (exact) mass is 727 g/mol. The molecule has 2 aliphatic rings. The fourth-order valence-electron chi connectivity index (χ4n) is 5.96. The van der Waals surface area contributed by atoms with E-state index < -0.39 is 24.3 Å². The second-order valence-corrected chi connectivity index (χ2v) is 10.9. The molecule has 10 nitrogen and oxygen atoms in total. The predicted octanol–water partition coefficient (Wildman–Crippen LogP) is -6.33. The van der Waals surface area contributed by atoms with Crippen molar-refractivity contribution in [3.8, 4) is 0 Å². The van der Waals surface area contributed by atoms with Crippen molar-refractivity contribution in [2.24, 2.45) is 0 Å². The van der Waals surface area contributed by atoms with E-state index in [4.69, 9.17) is 15.0 Å². The standard InChI is InChI=1S/C34H34N4O6.Cu.3Na.6H/c1-7-19-15(3)23-12-25-17(5)21(9-10-29(39)40)32(37-25)22(11-30(41)42)33-31(34(43)44)18(6)26(38-33)14-28-20(8-2)16(4)24(36-28)13-27(19)35-23;;;;;;;;;;/h7,12-14H,1,8-11H2,2-6H3,(H5,35,36,37,38,39,40,41,42,43,44);;;;;;;;;;/q;+2;3*+1;6*-1/p-5. The number of aliphatic carboxylic acids is 2. The molecule has 0 N–H and O–H groups in total. The number of hydrogen-bond acceptors (Lipinski definition) is 8. The van der Waals surface area contributed by atoms with Gasteiger partial charge in [-0.2, -0.15) is 0 Å². The Labute approximate surface area is 364 Å². The van der Waals surface area contributed by atoms with Gasteiger partial charge < -0.3 is 48.2 Å². The zero-order valence-electron chi connectivity index (χ0n) is 34.4. The van der Waals surface area contributed by atoms with E-state index in [9.17, 15) is 29.7 Å². The van der Waals surface area contributed by atoms with Crippen molar-refractivity contribution in [1.82, 2.24) is 19.9 Å². The first-order valence-corrected chi connectivity index (χ1v) is 14.2. The molecule has 0 saturated carbocycles. The van der Waals surface area contributed by atoms with Gasteiger partial charge in [0.25, 0.3) is 0 Å². The normalized spacial score (nSPS) is 11.9. The molecule has 3 aromatic heterocycles. The summed E-state index contributed by atoms with van der Waals surface area (Å²) in [4.78, 5) is 55.2. The minimum atomic E-state index is -1.54. The van der Waals surface area contributed by atoms with Gasteiger partial charge in [0, 0.05) is 23.9 Å². The Morgan fingerprint density at radius 1 is 0.792 bits per heavy atom. The van der Waals surface area contributed by atoms with Crippen LogP contribution in [0, 0.1) is 13.8 Å². The Bertz CT molecular complexity index is 2070. The number of rotatable bonds is 8. The van der Waals surface area contributed by atoms with Crippen molar-refractivity contribution in [2.75, 3.05) is 0 Å². The van der Waals surface area contributed by atoms with E-state index in [-0.39, 0.29) is 160 Å². The molecule has 0 unspecified atom stereocenters. The van der Waals surface area contributed by atoms with Gasteiger partial charge >= 0.3 is 106 Å². The van der Waals surface area contributed by atoms with Gasteiger partial charge in [-0.05, 0) is 75.3 Å². The predicted molar refractivity (Wildman–Crippen MR) is 167 cm³/mol. The minimum absolute atomic E-state index is 0. The summed E-state index contributed by atoms with van der Waals surface area (Å²) in [7, 11) is 0. The molecule has 1 radical (unpaired) electrons. The van der Waals surface area contributed by atoms with Crippen LogP contribution >= 0.6 is 0 Å². The molecule has 247 valence electrons. The van der Waals surface area contributed by atoms with E-state index in [1.807, 2.05) is 26.8 Å². The van der Waals surface area contributed by atoms with Crippen LogP contribution in [-0.2, 0) is 39.5 Å². The molecule has 0 aromatic carbocycles. The number of carboxylic acids is 3. The van der Waals surface area contributed by atoms with Crippen LogP contribution in [0.5, 0.6) is 0 Å². The fourth-order valence-corrected chi connectivity index (χ4v) is 5.96. The summed E-state index contributed by atoms with van der Waals surface area (Å²) in [5.41, 5.74) is 7.73. The quantitative estimate of drug-likeness (QED) is 0.203. The molecule has 0 atom stereocenters. The molecule has 0 amide bonds. The number of aryl methyl sites for hydroxylation is 3. The summed E-state index contributed by atoms with van der Waals surface area (Å²) >= 11 is 0. The number of nitrogens with zero attached hydrogens (tertiary/aromatic N) is 4. The smallest absolute Gasteiger partial charge is 1.00 e. The number of carboxylic acid groups (broad SMARTS) is 3. The van der Waals surface area contributed by atoms with Gasteiger partial charge in [0.15, 0.2) is 0 Å². The number of carbonyl (C=O) groups is 3. The van der Waals surface area contributed by atoms with Crippen LogP contribution in [0.4, 0.5) is 0 Å². The molecule has 3 aromatic rings. The summed E-state index contributed by atoms with van der Waals surface area (Å²) in [5.74, 6) is -4.33. The van der Waals surface area contributed by atoms with E-state index in [2.05, 4.69) is 11.6 Å². The first-order valence-electron chi connectivity index (χ1n) is 14.2. The number of allylic oxidation sites excluding steroid dienone is 5. The van der Waals surface area contributed by atoms with Gasteiger partial charge in [-0.25, -0.2) is 9.97 Å². The molecule has 0 spiro atoms. The van der Waals surface area contributed by atoms with Crippen LogP contribution < -0.4 is 114 Å². The number of carbonyl (C=O) groups excluding carboxylic acids is 3. The molecule has 0 aliphatic carbocycles. The average molecular weight is 728 g/mol. The Hall–Kier alpha value is -1.73. The number of aromatic carboxylic acids is 1. The second-order valence-electron chi connectivity index (χ2n) is 10.9. The summed E-state index contributed by atoms with van der Waals surface area (Å²) in [6.45, 7) is 13.1. The molecule has 5 heterocycles. The SMILES string of the molecule is C=CC1=C(C)c2cc3[n-]c(c(CCC(=O)[O-])c3C)c(CC(=O)[O-])c3[n-]c(cc4nc(cc1n2)C(C)=C4CC)c(C)c3C(=O)[O-].[Cu+2].[H-].[H-].[H-].[H-].[H-].[H-].[Na+].[Na+].[Na+]. The average Bonchev–Trinajstić information content (AvgIpc) is 3.63. The summed E-state index contributed by atoms with van der Waals surface area (Å²) in [5, 5.41) is 36.1. The molecule has 14 heteroatoms. The maximum atomic E-state index is 12.5. The first-order chi connectivity index (χ1) is 20.9. The molecular weight excluding hydrogens is 693 g/mol. The molecule has 0 saturated heterocycles. The number of hydrogen-bond donors (Lipinski definition) is 0. The molecule has 48 heavy (non-hydrogen) atoms. The number of fused-ring (bicyclic) bond motifs is 8. The van der Waals surface area contributed by atoms with Crippen molar-refractivity contribution >= 4 is 62.3 Å². The fraction of sp³-hybridized carbons (Fsp3) is 0.265. The molecule has 5 rings (SSSR count). The third kappa shape index (κ3) is 8.41.